The first-order chi connectivity index (χ1) is 10.9. The summed E-state index contributed by atoms with van der Waals surface area (Å²) in [6.45, 7) is 6.32. The van der Waals surface area contributed by atoms with Gasteiger partial charge in [0.15, 0.2) is 5.78 Å². The maximum absolute atomic E-state index is 12.1. The molecule has 2 saturated carbocycles. The maximum Gasteiger partial charge on any atom is 0.160 e. The summed E-state index contributed by atoms with van der Waals surface area (Å²) in [6.07, 6.45) is 9.58. The van der Waals surface area contributed by atoms with Gasteiger partial charge in [-0.25, -0.2) is 0 Å². The van der Waals surface area contributed by atoms with E-state index in [-0.39, 0.29) is 17.1 Å². The smallest absolute Gasteiger partial charge is 0.160 e. The van der Waals surface area contributed by atoms with Crippen LogP contribution in [0.3, 0.4) is 0 Å². The minimum Gasteiger partial charge on any atom is -0.300 e. The van der Waals surface area contributed by atoms with Gasteiger partial charge in [-0.1, -0.05) is 12.5 Å². The van der Waals surface area contributed by atoms with Crippen LogP contribution >= 0.6 is 0 Å². The Morgan fingerprint density at radius 3 is 2.74 bits per heavy atom. The molecule has 5 atom stereocenters. The Kier molecular flexibility index (Phi) is 3.44. The van der Waals surface area contributed by atoms with Crippen molar-refractivity contribution in [3.05, 3.63) is 22.8 Å². The number of allylic oxidation sites excluding steroid dienone is 4. The van der Waals surface area contributed by atoms with Crippen LogP contribution in [-0.4, -0.2) is 11.6 Å². The molecule has 0 spiro atoms. The quantitative estimate of drug-likeness (QED) is 0.706. The van der Waals surface area contributed by atoms with Gasteiger partial charge in [0, 0.05) is 12.3 Å². The third-order valence-electron chi connectivity index (χ3n) is 7.65. The van der Waals surface area contributed by atoms with Gasteiger partial charge >= 0.3 is 0 Å². The monoisotopic (exact) mass is 312 g/mol. The zero-order valence-electron chi connectivity index (χ0n) is 14.7. The van der Waals surface area contributed by atoms with Crippen molar-refractivity contribution in [1.82, 2.24) is 0 Å². The average Bonchev–Trinajstić information content (AvgIpc) is 2.83. The first-order valence-electron chi connectivity index (χ1n) is 9.35. The van der Waals surface area contributed by atoms with E-state index in [1.165, 1.54) is 42.4 Å². The Hall–Kier alpha value is -1.18. The molecular weight excluding hydrogens is 284 g/mol. The molecular formula is C21H28O2. The summed E-state index contributed by atoms with van der Waals surface area (Å²) in [6, 6.07) is 0. The standard InChI is InChI=1S/C21H28O2/c1-12-10-15(23)11-14-4-5-16-17(20(12)14)8-9-21(3)18(13(2)22)6-7-19(16)21/h10,16-19H,4-9,11H2,1-3H3/t16?,17?,18-,19?,21-/m1/s1. The van der Waals surface area contributed by atoms with E-state index >= 15 is 0 Å². The van der Waals surface area contributed by atoms with Crippen molar-refractivity contribution in [2.45, 2.75) is 65.7 Å². The van der Waals surface area contributed by atoms with Crippen LogP contribution in [0.5, 0.6) is 0 Å². The minimum atomic E-state index is 0.229. The largest absolute Gasteiger partial charge is 0.300 e. The van der Waals surface area contributed by atoms with E-state index in [0.29, 0.717) is 24.0 Å². The summed E-state index contributed by atoms with van der Waals surface area (Å²) < 4.78 is 0. The summed E-state index contributed by atoms with van der Waals surface area (Å²) in [7, 11) is 0. The van der Waals surface area contributed by atoms with Gasteiger partial charge in [0.05, 0.1) is 0 Å². The molecule has 4 aliphatic carbocycles. The lowest BCUT2D eigenvalue weighted by molar-refractivity contribution is -0.126. The lowest BCUT2D eigenvalue weighted by atomic mass is 9.53. The molecule has 4 rings (SSSR count). The first-order valence-corrected chi connectivity index (χ1v) is 9.35. The Bertz CT molecular complexity index is 638. The highest BCUT2D eigenvalue weighted by atomic mass is 16.1. The Balaban J connectivity index is 1.68. The van der Waals surface area contributed by atoms with Crippen LogP contribution in [0.15, 0.2) is 22.8 Å². The molecule has 4 aliphatic rings. The van der Waals surface area contributed by atoms with Gasteiger partial charge in [0.1, 0.15) is 5.78 Å². The molecule has 0 heterocycles. The summed E-state index contributed by atoms with van der Waals surface area (Å²) in [5, 5.41) is 0. The van der Waals surface area contributed by atoms with Crippen molar-refractivity contribution < 1.29 is 9.59 Å². The lowest BCUT2D eigenvalue weighted by Crippen LogP contribution is -2.45. The van der Waals surface area contributed by atoms with Gasteiger partial charge in [0.25, 0.3) is 0 Å². The number of carbonyl (C=O) groups is 2. The molecule has 3 unspecified atom stereocenters. The van der Waals surface area contributed by atoms with Crippen molar-refractivity contribution >= 4 is 11.6 Å². The molecule has 0 saturated heterocycles. The Labute approximate surface area is 139 Å². The van der Waals surface area contributed by atoms with Crippen LogP contribution in [0.2, 0.25) is 0 Å². The fraction of sp³-hybridized carbons (Fsp3) is 0.714. The molecule has 2 fully saturated rings. The zero-order valence-corrected chi connectivity index (χ0v) is 14.7. The highest BCUT2D eigenvalue weighted by Crippen LogP contribution is 2.63. The minimum absolute atomic E-state index is 0.229. The fourth-order valence-electron chi connectivity index (χ4n) is 6.79. The van der Waals surface area contributed by atoms with E-state index in [9.17, 15) is 9.59 Å². The van der Waals surface area contributed by atoms with Gasteiger partial charge < -0.3 is 0 Å². The second kappa shape index (κ2) is 5.16. The highest BCUT2D eigenvalue weighted by molar-refractivity contribution is 5.94. The molecule has 0 aromatic heterocycles. The SMILES string of the molecule is CC(=O)[C@H]1CCC2C3CCC4=C(C(C)=CC(=O)C4)C3CC[C@@]21C. The molecule has 124 valence electrons. The molecule has 0 N–H and O–H groups in total. The van der Waals surface area contributed by atoms with E-state index in [4.69, 9.17) is 0 Å². The van der Waals surface area contributed by atoms with Crippen molar-refractivity contribution in [2.75, 3.05) is 0 Å². The van der Waals surface area contributed by atoms with Crippen molar-refractivity contribution in [1.29, 1.82) is 0 Å². The summed E-state index contributed by atoms with van der Waals surface area (Å²) in [5.41, 5.74) is 4.43. The topological polar surface area (TPSA) is 34.1 Å². The molecule has 2 heteroatoms. The van der Waals surface area contributed by atoms with Gasteiger partial charge in [-0.05, 0) is 92.8 Å². The second-order valence-corrected chi connectivity index (χ2v) is 8.69. The average molecular weight is 312 g/mol. The third kappa shape index (κ3) is 2.13. The molecule has 0 radical (unpaired) electrons. The van der Waals surface area contributed by atoms with Crippen molar-refractivity contribution in [2.24, 2.45) is 29.1 Å². The number of carbonyl (C=O) groups excluding carboxylic acids is 2. The number of Topliss-reactive ketones (excluding diaryl/α,β-unsaturated/α-hetero) is 1. The molecule has 0 aromatic carbocycles. The first kappa shape index (κ1) is 15.4. The number of hydrogen-bond donors (Lipinski definition) is 0. The highest BCUT2D eigenvalue weighted by Gasteiger charge is 2.56. The van der Waals surface area contributed by atoms with Crippen molar-refractivity contribution in [3.63, 3.8) is 0 Å². The van der Waals surface area contributed by atoms with Crippen LogP contribution in [0.1, 0.15) is 65.7 Å². The zero-order chi connectivity index (χ0) is 16.4. The van der Waals surface area contributed by atoms with E-state index in [2.05, 4.69) is 13.8 Å². The van der Waals surface area contributed by atoms with Crippen LogP contribution in [0.4, 0.5) is 0 Å². The second-order valence-electron chi connectivity index (χ2n) is 8.69. The number of hydrogen-bond acceptors (Lipinski definition) is 2. The maximum atomic E-state index is 12.1. The normalized spacial score (nSPS) is 42.7. The molecule has 23 heavy (non-hydrogen) atoms. The van der Waals surface area contributed by atoms with E-state index in [0.717, 1.165) is 18.8 Å². The van der Waals surface area contributed by atoms with Crippen LogP contribution in [0.25, 0.3) is 0 Å². The Morgan fingerprint density at radius 2 is 2.00 bits per heavy atom. The molecule has 0 aliphatic heterocycles. The summed E-state index contributed by atoms with van der Waals surface area (Å²) >= 11 is 0. The molecule has 0 aromatic rings. The number of ketones is 2. The molecule has 0 amide bonds. The predicted octanol–water partition coefficient (Wildman–Crippen LogP) is 4.64. The van der Waals surface area contributed by atoms with Gasteiger partial charge in [-0.15, -0.1) is 0 Å². The van der Waals surface area contributed by atoms with Gasteiger partial charge in [0.2, 0.25) is 0 Å². The van der Waals surface area contributed by atoms with E-state index < -0.39 is 0 Å². The number of fused-ring (bicyclic) bond motifs is 4. The molecule has 2 nitrogen and oxygen atoms in total. The lowest BCUT2D eigenvalue weighted by Gasteiger charge is -2.51. The number of rotatable bonds is 1. The molecule has 0 bridgehead atoms. The third-order valence-corrected chi connectivity index (χ3v) is 7.65. The summed E-state index contributed by atoms with van der Waals surface area (Å²) in [4.78, 5) is 24.0. The van der Waals surface area contributed by atoms with E-state index in [1.54, 1.807) is 6.92 Å². The van der Waals surface area contributed by atoms with Gasteiger partial charge in [-0.2, -0.15) is 0 Å². The van der Waals surface area contributed by atoms with E-state index in [1.807, 2.05) is 6.08 Å². The van der Waals surface area contributed by atoms with Crippen LogP contribution in [0, 0.1) is 29.1 Å². The Morgan fingerprint density at radius 1 is 1.22 bits per heavy atom. The van der Waals surface area contributed by atoms with Gasteiger partial charge in [-0.3, -0.25) is 9.59 Å². The van der Waals surface area contributed by atoms with Crippen LogP contribution < -0.4 is 0 Å². The van der Waals surface area contributed by atoms with Crippen molar-refractivity contribution in [3.8, 4) is 0 Å². The predicted molar refractivity (Wildman–Crippen MR) is 90.9 cm³/mol. The van der Waals surface area contributed by atoms with Crippen LogP contribution in [-0.2, 0) is 9.59 Å². The fourth-order valence-corrected chi connectivity index (χ4v) is 6.79. The summed E-state index contributed by atoms with van der Waals surface area (Å²) in [5.74, 6) is 3.06.